The van der Waals surface area contributed by atoms with Crippen molar-refractivity contribution in [3.8, 4) is 0 Å². The summed E-state index contributed by atoms with van der Waals surface area (Å²) in [6.07, 6.45) is 2.59. The maximum absolute atomic E-state index is 11.8. The largest absolute Gasteiger partial charge is 0.591 e. The molecule has 0 saturated heterocycles. The Morgan fingerprint density at radius 3 is 2.93 bits per heavy atom. The van der Waals surface area contributed by atoms with Crippen LogP contribution >= 0.6 is 0 Å². The summed E-state index contributed by atoms with van der Waals surface area (Å²) in [5.41, 5.74) is 1.92. The third-order valence-corrected chi connectivity index (χ3v) is 3.72. The maximum atomic E-state index is 11.8. The second-order valence-electron chi connectivity index (χ2n) is 4.59. The van der Waals surface area contributed by atoms with Crippen molar-refractivity contribution in [2.45, 2.75) is 38.5 Å². The minimum Gasteiger partial charge on any atom is -0.591 e. The van der Waals surface area contributed by atoms with Gasteiger partial charge in [-0.2, -0.15) is 5.10 Å². The lowest BCUT2D eigenvalue weighted by molar-refractivity contribution is 0.561. The van der Waals surface area contributed by atoms with Gasteiger partial charge in [0.25, 0.3) is 0 Å². The Kier molecular flexibility index (Phi) is 2.60. The molecule has 0 spiro atoms. The summed E-state index contributed by atoms with van der Waals surface area (Å²) in [4.78, 5) is 0. The van der Waals surface area contributed by atoms with Gasteiger partial charge >= 0.3 is 0 Å². The third-order valence-electron chi connectivity index (χ3n) is 2.29. The maximum Gasteiger partial charge on any atom is 0.144 e. The van der Waals surface area contributed by atoms with Crippen LogP contribution in [0, 0.1) is 0 Å². The Labute approximate surface area is 92.7 Å². The normalized spacial score (nSPS) is 20.7. The lowest BCUT2D eigenvalue weighted by Gasteiger charge is -2.18. The van der Waals surface area contributed by atoms with Crippen LogP contribution in [-0.4, -0.2) is 24.8 Å². The molecule has 4 nitrogen and oxygen atoms in total. The Bertz CT molecular complexity index is 392. The third kappa shape index (κ3) is 2.08. The molecule has 0 radical (unpaired) electrons. The van der Waals surface area contributed by atoms with Crippen LogP contribution in [0.4, 0.5) is 0 Å². The average molecular weight is 225 g/mol. The van der Waals surface area contributed by atoms with Gasteiger partial charge in [0.2, 0.25) is 0 Å². The van der Waals surface area contributed by atoms with Crippen molar-refractivity contribution in [3.63, 3.8) is 0 Å². The monoisotopic (exact) mass is 225 g/mol. The molecule has 0 aromatic carbocycles. The van der Waals surface area contributed by atoms with Gasteiger partial charge in [0.1, 0.15) is 21.8 Å². The van der Waals surface area contributed by atoms with E-state index in [0.29, 0.717) is 0 Å². The van der Waals surface area contributed by atoms with Gasteiger partial charge in [0, 0.05) is 19.2 Å². The van der Waals surface area contributed by atoms with Crippen molar-refractivity contribution in [2.24, 2.45) is 4.40 Å². The molecule has 1 aromatic heterocycles. The van der Waals surface area contributed by atoms with Gasteiger partial charge < -0.3 is 4.55 Å². The van der Waals surface area contributed by atoms with Crippen molar-refractivity contribution >= 4 is 17.1 Å². The fourth-order valence-corrected chi connectivity index (χ4v) is 2.08. The van der Waals surface area contributed by atoms with E-state index in [2.05, 4.69) is 9.50 Å². The zero-order valence-corrected chi connectivity index (χ0v) is 10.0. The number of hydrogen-bond donors (Lipinski definition) is 0. The van der Waals surface area contributed by atoms with Crippen LogP contribution in [0.2, 0.25) is 0 Å². The molecule has 0 fully saturated rings. The minimum absolute atomic E-state index is 0.291. The predicted molar refractivity (Wildman–Crippen MR) is 61.3 cm³/mol. The molecule has 1 atom stereocenters. The summed E-state index contributed by atoms with van der Waals surface area (Å²) in [6.45, 7) is 6.64. The Morgan fingerprint density at radius 1 is 1.53 bits per heavy atom. The number of fused-ring (bicyclic) bond motifs is 1. The van der Waals surface area contributed by atoms with Gasteiger partial charge in [-0.25, -0.2) is 0 Å². The topological polar surface area (TPSA) is 53.2 Å². The Balaban J connectivity index is 2.24. The molecular weight excluding hydrogens is 210 g/mol. The molecule has 0 bridgehead atoms. The van der Waals surface area contributed by atoms with Crippen LogP contribution in [0.5, 0.6) is 0 Å². The molecule has 2 rings (SSSR count). The second kappa shape index (κ2) is 3.64. The summed E-state index contributed by atoms with van der Waals surface area (Å²) < 4.78 is 17.7. The predicted octanol–water partition coefficient (Wildman–Crippen LogP) is 1.54. The van der Waals surface area contributed by atoms with Gasteiger partial charge in [-0.1, -0.05) is 4.40 Å². The lowest BCUT2D eigenvalue weighted by Crippen LogP contribution is -2.26. The van der Waals surface area contributed by atoms with Crippen LogP contribution in [0.3, 0.4) is 0 Å². The molecular formula is C10H15N3OS. The van der Waals surface area contributed by atoms with Gasteiger partial charge in [-0.3, -0.25) is 4.68 Å². The first kappa shape index (κ1) is 10.7. The van der Waals surface area contributed by atoms with E-state index in [9.17, 15) is 4.55 Å². The van der Waals surface area contributed by atoms with E-state index in [1.807, 2.05) is 31.5 Å². The smallest absolute Gasteiger partial charge is 0.144 e. The molecule has 0 N–H and O–H groups in total. The highest BCUT2D eigenvalue weighted by Crippen LogP contribution is 2.21. The standard InChI is InChI=1S/C10H15N3OS/c1-10(2,3)15(14)12-8-5-7-13-9(8)4-6-11-13/h4,6H,5,7H2,1-3H3/b12-8-/t15-/m0/s1. The Hall–Kier alpha value is -0.810. The van der Waals surface area contributed by atoms with Gasteiger partial charge in [-0.15, -0.1) is 0 Å². The summed E-state index contributed by atoms with van der Waals surface area (Å²) >= 11 is -1.17. The van der Waals surface area contributed by atoms with Crippen molar-refractivity contribution in [1.82, 2.24) is 9.78 Å². The van der Waals surface area contributed by atoms with Crippen LogP contribution in [0.1, 0.15) is 32.9 Å². The van der Waals surface area contributed by atoms with E-state index in [4.69, 9.17) is 0 Å². The molecule has 0 unspecified atom stereocenters. The van der Waals surface area contributed by atoms with E-state index >= 15 is 0 Å². The molecule has 0 aliphatic carbocycles. The van der Waals surface area contributed by atoms with E-state index in [1.165, 1.54) is 0 Å². The molecule has 2 heterocycles. The van der Waals surface area contributed by atoms with E-state index < -0.39 is 11.4 Å². The van der Waals surface area contributed by atoms with Crippen molar-refractivity contribution in [2.75, 3.05) is 0 Å². The first-order chi connectivity index (χ1) is 6.98. The highest BCUT2D eigenvalue weighted by Gasteiger charge is 2.29. The first-order valence-electron chi connectivity index (χ1n) is 5.00. The van der Waals surface area contributed by atoms with E-state index in [0.717, 1.165) is 24.4 Å². The fraction of sp³-hybridized carbons (Fsp3) is 0.600. The number of aromatic nitrogens is 2. The molecule has 5 heteroatoms. The van der Waals surface area contributed by atoms with Crippen molar-refractivity contribution in [3.05, 3.63) is 18.0 Å². The lowest BCUT2D eigenvalue weighted by atomic mass is 10.2. The SMILES string of the molecule is CC(C)(C)[S@+]([O-])/N=C1/CCn2nccc21. The molecule has 82 valence electrons. The molecule has 1 aromatic rings. The van der Waals surface area contributed by atoms with Gasteiger partial charge in [0.05, 0.1) is 5.69 Å². The zero-order valence-electron chi connectivity index (χ0n) is 9.23. The fourth-order valence-electron chi connectivity index (χ4n) is 1.43. The summed E-state index contributed by atoms with van der Waals surface area (Å²) in [7, 11) is 0. The van der Waals surface area contributed by atoms with Gasteiger partial charge in [0.15, 0.2) is 0 Å². The molecule has 1 aliphatic rings. The zero-order chi connectivity index (χ0) is 11.1. The number of hydrogen-bond acceptors (Lipinski definition) is 3. The quantitative estimate of drug-likeness (QED) is 0.681. The van der Waals surface area contributed by atoms with Crippen molar-refractivity contribution < 1.29 is 4.55 Å². The summed E-state index contributed by atoms with van der Waals surface area (Å²) in [5, 5.41) is 4.15. The highest BCUT2D eigenvalue weighted by molar-refractivity contribution is 7.91. The van der Waals surface area contributed by atoms with Gasteiger partial charge in [-0.05, 0) is 26.8 Å². The summed E-state index contributed by atoms with van der Waals surface area (Å²) in [6, 6.07) is 1.92. The molecule has 0 amide bonds. The molecule has 15 heavy (non-hydrogen) atoms. The second-order valence-corrected chi connectivity index (χ2v) is 6.49. The number of aryl methyl sites for hydroxylation is 1. The number of rotatable bonds is 1. The van der Waals surface area contributed by atoms with E-state index in [1.54, 1.807) is 6.20 Å². The molecule has 0 saturated carbocycles. The van der Waals surface area contributed by atoms with Crippen LogP contribution in [0.25, 0.3) is 0 Å². The molecule has 1 aliphatic heterocycles. The average Bonchev–Trinajstić information content (AvgIpc) is 2.67. The highest BCUT2D eigenvalue weighted by atomic mass is 32.2. The van der Waals surface area contributed by atoms with Crippen LogP contribution in [0.15, 0.2) is 16.7 Å². The minimum atomic E-state index is -1.17. The van der Waals surface area contributed by atoms with E-state index in [-0.39, 0.29) is 4.75 Å². The first-order valence-corrected chi connectivity index (χ1v) is 6.11. The van der Waals surface area contributed by atoms with Crippen LogP contribution < -0.4 is 0 Å². The Morgan fingerprint density at radius 2 is 2.27 bits per heavy atom. The summed E-state index contributed by atoms with van der Waals surface area (Å²) in [5.74, 6) is 0. The number of nitrogens with zero attached hydrogens (tertiary/aromatic N) is 3. The van der Waals surface area contributed by atoms with Crippen LogP contribution in [-0.2, 0) is 17.9 Å². The van der Waals surface area contributed by atoms with Crippen molar-refractivity contribution in [1.29, 1.82) is 0 Å².